The molecule has 0 fully saturated rings. The van der Waals surface area contributed by atoms with Crippen molar-refractivity contribution in [1.29, 1.82) is 0 Å². The Morgan fingerprint density at radius 1 is 1.00 bits per heavy atom. The highest BCUT2D eigenvalue weighted by Gasteiger charge is 2.40. The van der Waals surface area contributed by atoms with E-state index in [9.17, 15) is 18.0 Å². The number of nitrogens with zero attached hydrogens (tertiary/aromatic N) is 3. The summed E-state index contributed by atoms with van der Waals surface area (Å²) in [6.07, 6.45) is -2.52. The molecule has 2 N–H and O–H groups in total. The minimum absolute atomic E-state index is 0.0835. The van der Waals surface area contributed by atoms with Crippen molar-refractivity contribution in [2.45, 2.75) is 19.2 Å². The molecule has 0 saturated heterocycles. The van der Waals surface area contributed by atoms with E-state index in [2.05, 4.69) is 9.97 Å². The Kier molecular flexibility index (Phi) is 6.08. The van der Waals surface area contributed by atoms with Gasteiger partial charge in [0.25, 0.3) is 0 Å². The number of carbonyl (C=O) groups is 1. The number of anilines is 1. The van der Waals surface area contributed by atoms with Crippen LogP contribution in [0.15, 0.2) is 67.0 Å². The molecule has 6 nitrogen and oxygen atoms in total. The zero-order valence-electron chi connectivity index (χ0n) is 15.1. The van der Waals surface area contributed by atoms with Gasteiger partial charge in [-0.25, -0.2) is 15.8 Å². The predicted octanol–water partition coefficient (Wildman–Crippen LogP) is 3.52. The third-order valence-corrected chi connectivity index (χ3v) is 3.97. The van der Waals surface area contributed by atoms with Gasteiger partial charge in [-0.05, 0) is 23.8 Å². The lowest BCUT2D eigenvalue weighted by Crippen LogP contribution is -2.40. The summed E-state index contributed by atoms with van der Waals surface area (Å²) >= 11 is 0. The Labute approximate surface area is 164 Å². The van der Waals surface area contributed by atoms with Crippen LogP contribution < -0.4 is 15.6 Å². The summed E-state index contributed by atoms with van der Waals surface area (Å²) in [5, 5.41) is 0.382. The maximum Gasteiger partial charge on any atom is 0.423 e. The Morgan fingerprint density at radius 3 is 2.38 bits per heavy atom. The normalized spacial score (nSPS) is 11.2. The molecule has 9 heteroatoms. The van der Waals surface area contributed by atoms with Crippen LogP contribution in [0.4, 0.5) is 19.0 Å². The Hall–Kier alpha value is -3.46. The molecule has 0 aliphatic heterocycles. The fourth-order valence-electron chi connectivity index (χ4n) is 2.60. The van der Waals surface area contributed by atoms with Crippen LogP contribution in [0.3, 0.4) is 0 Å². The van der Waals surface area contributed by atoms with Crippen LogP contribution in [0.5, 0.6) is 5.75 Å². The van der Waals surface area contributed by atoms with Gasteiger partial charge in [0, 0.05) is 18.1 Å². The predicted molar refractivity (Wildman–Crippen MR) is 99.6 cm³/mol. The topological polar surface area (TPSA) is 81.3 Å². The first kappa shape index (κ1) is 20.3. The first-order valence-corrected chi connectivity index (χ1v) is 8.56. The number of hydrogen-bond acceptors (Lipinski definition) is 5. The first-order valence-electron chi connectivity index (χ1n) is 8.56. The second kappa shape index (κ2) is 8.70. The van der Waals surface area contributed by atoms with Gasteiger partial charge in [0.15, 0.2) is 5.82 Å². The largest absolute Gasteiger partial charge is 0.488 e. The monoisotopic (exact) mass is 402 g/mol. The first-order chi connectivity index (χ1) is 13.9. The summed E-state index contributed by atoms with van der Waals surface area (Å²) in [5.41, 5.74) is -0.152. The molecule has 150 valence electrons. The average Bonchev–Trinajstić information content (AvgIpc) is 2.72. The summed E-state index contributed by atoms with van der Waals surface area (Å²) < 4.78 is 46.7. The number of benzene rings is 1. The molecule has 0 spiro atoms. The van der Waals surface area contributed by atoms with E-state index in [1.165, 1.54) is 6.20 Å². The molecule has 3 aromatic rings. The number of aromatic nitrogens is 2. The van der Waals surface area contributed by atoms with Gasteiger partial charge in [0.2, 0.25) is 5.91 Å². The van der Waals surface area contributed by atoms with E-state index in [4.69, 9.17) is 10.6 Å². The van der Waals surface area contributed by atoms with Crippen molar-refractivity contribution in [2.75, 3.05) is 5.01 Å². The molecular weight excluding hydrogens is 385 g/mol. The average molecular weight is 402 g/mol. The quantitative estimate of drug-likeness (QED) is 0.388. The maximum atomic E-state index is 13.8. The number of ether oxygens (including phenoxy) is 1. The van der Waals surface area contributed by atoms with Crippen LogP contribution in [0.25, 0.3) is 0 Å². The van der Waals surface area contributed by atoms with Crippen molar-refractivity contribution in [3.63, 3.8) is 0 Å². The molecule has 0 unspecified atom stereocenters. The molecule has 2 aromatic heterocycles. The molecule has 0 aliphatic carbocycles. The SMILES string of the molecule is NN(C(=O)Cc1ccccn1)c1nccc(OCc2ccccc2)c1C(F)(F)F. The zero-order chi connectivity index (χ0) is 20.9. The highest BCUT2D eigenvalue weighted by molar-refractivity contribution is 5.93. The van der Waals surface area contributed by atoms with Crippen LogP contribution >= 0.6 is 0 Å². The molecule has 0 aliphatic rings. The van der Waals surface area contributed by atoms with Crippen LogP contribution in [0, 0.1) is 0 Å². The molecule has 29 heavy (non-hydrogen) atoms. The van der Waals surface area contributed by atoms with Crippen LogP contribution in [0.1, 0.15) is 16.8 Å². The van der Waals surface area contributed by atoms with E-state index in [0.29, 0.717) is 16.3 Å². The molecule has 1 aromatic carbocycles. The smallest absolute Gasteiger partial charge is 0.423 e. The number of hydrogen-bond donors (Lipinski definition) is 1. The molecule has 0 saturated carbocycles. The van der Waals surface area contributed by atoms with Gasteiger partial charge >= 0.3 is 6.18 Å². The highest BCUT2D eigenvalue weighted by atomic mass is 19.4. The van der Waals surface area contributed by atoms with Crippen molar-refractivity contribution < 1.29 is 22.7 Å². The Balaban J connectivity index is 1.88. The minimum Gasteiger partial charge on any atom is -0.488 e. The zero-order valence-corrected chi connectivity index (χ0v) is 15.1. The van der Waals surface area contributed by atoms with Gasteiger partial charge < -0.3 is 4.74 Å². The van der Waals surface area contributed by atoms with Crippen molar-refractivity contribution in [3.8, 4) is 5.75 Å². The van der Waals surface area contributed by atoms with Crippen molar-refractivity contribution in [1.82, 2.24) is 9.97 Å². The number of hydrazine groups is 1. The lowest BCUT2D eigenvalue weighted by Gasteiger charge is -2.22. The lowest BCUT2D eigenvalue weighted by atomic mass is 10.2. The number of pyridine rings is 2. The van der Waals surface area contributed by atoms with E-state index >= 15 is 0 Å². The van der Waals surface area contributed by atoms with Gasteiger partial charge in [0.1, 0.15) is 17.9 Å². The van der Waals surface area contributed by atoms with Crippen molar-refractivity contribution in [2.24, 2.45) is 5.84 Å². The lowest BCUT2D eigenvalue weighted by molar-refractivity contribution is -0.138. The third-order valence-electron chi connectivity index (χ3n) is 3.97. The second-order valence-electron chi connectivity index (χ2n) is 6.04. The van der Waals surface area contributed by atoms with E-state index in [1.54, 1.807) is 48.5 Å². The summed E-state index contributed by atoms with van der Waals surface area (Å²) in [5.74, 6) is 3.71. The molecule has 0 atom stereocenters. The van der Waals surface area contributed by atoms with Gasteiger partial charge in [-0.15, -0.1) is 0 Å². The maximum absolute atomic E-state index is 13.8. The van der Waals surface area contributed by atoms with Crippen LogP contribution in [-0.4, -0.2) is 15.9 Å². The number of carbonyl (C=O) groups excluding carboxylic acids is 1. The van der Waals surface area contributed by atoms with Gasteiger partial charge in [-0.1, -0.05) is 36.4 Å². The molecule has 0 bridgehead atoms. The Morgan fingerprint density at radius 2 is 1.72 bits per heavy atom. The number of halogens is 3. The van der Waals surface area contributed by atoms with Crippen molar-refractivity contribution >= 4 is 11.7 Å². The van der Waals surface area contributed by atoms with E-state index in [-0.39, 0.29) is 13.0 Å². The van der Waals surface area contributed by atoms with E-state index in [1.807, 2.05) is 0 Å². The number of nitrogens with two attached hydrogens (primary N) is 1. The third kappa shape index (κ3) is 5.08. The molecule has 2 heterocycles. The summed E-state index contributed by atoms with van der Waals surface area (Å²) in [4.78, 5) is 20.1. The fourth-order valence-corrected chi connectivity index (χ4v) is 2.60. The van der Waals surface area contributed by atoms with Gasteiger partial charge in [-0.3, -0.25) is 9.78 Å². The number of amides is 1. The summed E-state index contributed by atoms with van der Waals surface area (Å²) in [7, 11) is 0. The molecule has 3 rings (SSSR count). The molecular formula is C20H17F3N4O2. The van der Waals surface area contributed by atoms with Crippen LogP contribution in [-0.2, 0) is 24.0 Å². The van der Waals surface area contributed by atoms with Crippen LogP contribution in [0.2, 0.25) is 0 Å². The van der Waals surface area contributed by atoms with E-state index < -0.39 is 29.2 Å². The number of alkyl halides is 3. The highest BCUT2D eigenvalue weighted by Crippen LogP contribution is 2.41. The summed E-state index contributed by atoms with van der Waals surface area (Å²) in [6.45, 7) is -0.0835. The van der Waals surface area contributed by atoms with Gasteiger partial charge in [0.05, 0.1) is 6.42 Å². The molecule has 1 amide bonds. The standard InChI is InChI=1S/C20H17F3N4O2/c21-20(22,23)18-16(29-13-14-6-2-1-3-7-14)9-11-26-19(18)27(24)17(28)12-15-8-4-5-10-25-15/h1-11H,12-13,24H2. The van der Waals surface area contributed by atoms with E-state index in [0.717, 1.165) is 12.3 Å². The van der Waals surface area contributed by atoms with Crippen molar-refractivity contribution in [3.05, 3.63) is 83.8 Å². The van der Waals surface area contributed by atoms with Gasteiger partial charge in [-0.2, -0.15) is 13.2 Å². The summed E-state index contributed by atoms with van der Waals surface area (Å²) in [6, 6.07) is 14.7. The number of rotatable bonds is 6. The Bertz CT molecular complexity index is 966. The molecule has 0 radical (unpaired) electrons. The second-order valence-corrected chi connectivity index (χ2v) is 6.04. The fraction of sp³-hybridized carbons (Fsp3) is 0.150. The minimum atomic E-state index is -4.83.